The average molecular weight is 306 g/mol. The lowest BCUT2D eigenvalue weighted by molar-refractivity contribution is 0.718. The largest absolute Gasteiger partial charge is 0.313 e. The Labute approximate surface area is 130 Å². The van der Waals surface area contributed by atoms with E-state index >= 15 is 0 Å². The van der Waals surface area contributed by atoms with Crippen LogP contribution in [0.1, 0.15) is 23.6 Å². The highest BCUT2D eigenvalue weighted by atomic mass is 35.5. The third kappa shape index (κ3) is 4.02. The van der Waals surface area contributed by atoms with Gasteiger partial charge in [-0.1, -0.05) is 42.4 Å². The summed E-state index contributed by atoms with van der Waals surface area (Å²) in [6, 6.07) is 12.7. The maximum atomic E-state index is 6.14. The Hall–Kier alpha value is -0.960. The minimum atomic E-state index is 0.789. The lowest BCUT2D eigenvalue weighted by Crippen LogP contribution is -2.12. The second kappa shape index (κ2) is 7.16. The molecule has 2 rings (SSSR count). The van der Waals surface area contributed by atoms with Crippen LogP contribution in [0.4, 0.5) is 0 Å². The fourth-order valence-corrected chi connectivity index (χ4v) is 3.25. The van der Waals surface area contributed by atoms with E-state index in [1.807, 2.05) is 12.1 Å². The van der Waals surface area contributed by atoms with Gasteiger partial charge in [0.15, 0.2) is 0 Å². The molecule has 0 aromatic heterocycles. The quantitative estimate of drug-likeness (QED) is 0.813. The van der Waals surface area contributed by atoms with Crippen LogP contribution in [0.25, 0.3) is 0 Å². The summed E-state index contributed by atoms with van der Waals surface area (Å²) in [6.07, 6.45) is 0. The molecule has 0 aliphatic carbocycles. The van der Waals surface area contributed by atoms with E-state index in [0.29, 0.717) is 0 Å². The molecule has 20 heavy (non-hydrogen) atoms. The van der Waals surface area contributed by atoms with Gasteiger partial charge in [0.1, 0.15) is 0 Å². The van der Waals surface area contributed by atoms with Crippen molar-refractivity contribution >= 4 is 23.4 Å². The zero-order valence-corrected chi connectivity index (χ0v) is 13.7. The molecule has 1 N–H and O–H groups in total. The molecule has 3 heteroatoms. The van der Waals surface area contributed by atoms with E-state index < -0.39 is 0 Å². The van der Waals surface area contributed by atoms with Crippen molar-refractivity contribution in [1.82, 2.24) is 5.32 Å². The van der Waals surface area contributed by atoms with E-state index in [1.165, 1.54) is 26.5 Å². The van der Waals surface area contributed by atoms with Crippen LogP contribution in [-0.2, 0) is 6.54 Å². The zero-order chi connectivity index (χ0) is 14.5. The number of hydrogen-bond donors (Lipinski definition) is 1. The molecule has 0 unspecified atom stereocenters. The van der Waals surface area contributed by atoms with Crippen LogP contribution in [0.15, 0.2) is 46.2 Å². The van der Waals surface area contributed by atoms with E-state index in [9.17, 15) is 0 Å². The van der Waals surface area contributed by atoms with Crippen LogP contribution in [0, 0.1) is 13.8 Å². The molecule has 2 aromatic rings. The number of halogens is 1. The third-order valence-corrected chi connectivity index (χ3v) is 4.63. The summed E-state index contributed by atoms with van der Waals surface area (Å²) in [7, 11) is 0. The van der Waals surface area contributed by atoms with Crippen molar-refractivity contribution in [2.45, 2.75) is 37.1 Å². The minimum absolute atomic E-state index is 0.789. The van der Waals surface area contributed by atoms with Gasteiger partial charge in [-0.3, -0.25) is 0 Å². The Bertz CT molecular complexity index is 596. The summed E-state index contributed by atoms with van der Waals surface area (Å²) in [5.74, 6) is 0. The van der Waals surface area contributed by atoms with Crippen LogP contribution in [0.2, 0.25) is 5.02 Å². The lowest BCUT2D eigenvalue weighted by Gasteiger charge is -2.11. The number of hydrogen-bond acceptors (Lipinski definition) is 2. The summed E-state index contributed by atoms with van der Waals surface area (Å²) in [4.78, 5) is 2.48. The molecule has 0 aliphatic heterocycles. The zero-order valence-electron chi connectivity index (χ0n) is 12.2. The molecule has 2 aromatic carbocycles. The van der Waals surface area contributed by atoms with E-state index in [2.05, 4.69) is 50.4 Å². The Morgan fingerprint density at radius 2 is 1.85 bits per heavy atom. The molecule has 0 aliphatic rings. The monoisotopic (exact) mass is 305 g/mol. The molecule has 1 nitrogen and oxygen atoms in total. The Morgan fingerprint density at radius 1 is 1.05 bits per heavy atom. The summed E-state index contributed by atoms with van der Waals surface area (Å²) in [5, 5.41) is 4.16. The number of nitrogens with one attached hydrogen (secondary N) is 1. The van der Waals surface area contributed by atoms with Gasteiger partial charge in [0.05, 0.1) is 0 Å². The normalized spacial score (nSPS) is 10.8. The maximum absolute atomic E-state index is 6.14. The van der Waals surface area contributed by atoms with E-state index in [4.69, 9.17) is 11.6 Å². The van der Waals surface area contributed by atoms with E-state index in [-0.39, 0.29) is 0 Å². The van der Waals surface area contributed by atoms with Gasteiger partial charge >= 0.3 is 0 Å². The van der Waals surface area contributed by atoms with Gasteiger partial charge in [-0.15, -0.1) is 0 Å². The lowest BCUT2D eigenvalue weighted by atomic mass is 10.1. The van der Waals surface area contributed by atoms with Crippen LogP contribution in [0.5, 0.6) is 0 Å². The molecular weight excluding hydrogens is 286 g/mol. The van der Waals surface area contributed by atoms with Gasteiger partial charge in [0.2, 0.25) is 0 Å². The minimum Gasteiger partial charge on any atom is -0.313 e. The Morgan fingerprint density at radius 3 is 2.55 bits per heavy atom. The molecule has 0 spiro atoms. The first-order chi connectivity index (χ1) is 9.60. The molecule has 0 fully saturated rings. The van der Waals surface area contributed by atoms with Crippen molar-refractivity contribution in [3.8, 4) is 0 Å². The number of benzene rings is 2. The summed E-state index contributed by atoms with van der Waals surface area (Å²) < 4.78 is 0. The van der Waals surface area contributed by atoms with Crippen molar-refractivity contribution in [2.24, 2.45) is 0 Å². The fourth-order valence-electron chi connectivity index (χ4n) is 1.93. The first kappa shape index (κ1) is 15.4. The van der Waals surface area contributed by atoms with Gasteiger partial charge < -0.3 is 5.32 Å². The van der Waals surface area contributed by atoms with Crippen LogP contribution in [0.3, 0.4) is 0 Å². The fraction of sp³-hybridized carbons (Fsp3) is 0.294. The van der Waals surface area contributed by atoms with Crippen LogP contribution >= 0.6 is 23.4 Å². The molecular formula is C17H20ClNS. The van der Waals surface area contributed by atoms with Crippen molar-refractivity contribution in [2.75, 3.05) is 6.54 Å². The van der Waals surface area contributed by atoms with E-state index in [0.717, 1.165) is 18.1 Å². The SMILES string of the molecule is CCNCc1ccc(Cl)cc1Sc1ccc(C)c(C)c1. The molecule has 0 amide bonds. The average Bonchev–Trinajstić information content (AvgIpc) is 2.42. The van der Waals surface area contributed by atoms with E-state index in [1.54, 1.807) is 11.8 Å². The highest BCUT2D eigenvalue weighted by Gasteiger charge is 2.06. The van der Waals surface area contributed by atoms with Gasteiger partial charge in [-0.2, -0.15) is 0 Å². The number of rotatable bonds is 5. The summed E-state index contributed by atoms with van der Waals surface area (Å²) in [5.41, 5.74) is 3.94. The highest BCUT2D eigenvalue weighted by molar-refractivity contribution is 7.99. The first-order valence-corrected chi connectivity index (χ1v) is 8.04. The summed E-state index contributed by atoms with van der Waals surface area (Å²) in [6.45, 7) is 8.25. The maximum Gasteiger partial charge on any atom is 0.0417 e. The topological polar surface area (TPSA) is 12.0 Å². The van der Waals surface area contributed by atoms with Crippen molar-refractivity contribution in [3.05, 3.63) is 58.1 Å². The second-order valence-electron chi connectivity index (χ2n) is 4.88. The molecule has 0 bridgehead atoms. The predicted molar refractivity (Wildman–Crippen MR) is 88.9 cm³/mol. The Kier molecular flexibility index (Phi) is 5.53. The first-order valence-electron chi connectivity index (χ1n) is 6.84. The van der Waals surface area contributed by atoms with Gasteiger partial charge in [0.25, 0.3) is 0 Å². The van der Waals surface area contributed by atoms with Crippen LogP contribution in [-0.4, -0.2) is 6.54 Å². The Balaban J connectivity index is 2.26. The van der Waals surface area contributed by atoms with Crippen molar-refractivity contribution in [3.63, 3.8) is 0 Å². The van der Waals surface area contributed by atoms with Gasteiger partial charge in [-0.05, 0) is 61.3 Å². The molecule has 106 valence electrons. The highest BCUT2D eigenvalue weighted by Crippen LogP contribution is 2.33. The standard InChI is InChI=1S/C17H20ClNS/c1-4-19-11-14-6-7-15(18)10-17(14)20-16-8-5-12(2)13(3)9-16/h5-10,19H,4,11H2,1-3H3. The van der Waals surface area contributed by atoms with Crippen molar-refractivity contribution < 1.29 is 0 Å². The summed E-state index contributed by atoms with van der Waals surface area (Å²) >= 11 is 7.92. The molecule has 0 saturated heterocycles. The van der Waals surface area contributed by atoms with Gasteiger partial charge in [0, 0.05) is 21.4 Å². The van der Waals surface area contributed by atoms with Gasteiger partial charge in [-0.25, -0.2) is 0 Å². The number of aryl methyl sites for hydroxylation is 2. The molecule has 0 atom stereocenters. The molecule has 0 heterocycles. The molecule has 0 saturated carbocycles. The molecule has 0 radical (unpaired) electrons. The predicted octanol–water partition coefficient (Wildman–Crippen LogP) is 5.22. The third-order valence-electron chi connectivity index (χ3n) is 3.30. The second-order valence-corrected chi connectivity index (χ2v) is 6.43. The smallest absolute Gasteiger partial charge is 0.0417 e. The van der Waals surface area contributed by atoms with Crippen molar-refractivity contribution in [1.29, 1.82) is 0 Å². The van der Waals surface area contributed by atoms with Crippen LogP contribution < -0.4 is 5.32 Å².